The minimum atomic E-state index is -4.34. The van der Waals surface area contributed by atoms with Gasteiger partial charge < -0.3 is 9.30 Å². The zero-order chi connectivity index (χ0) is 20.9. The molecule has 0 amide bonds. The topological polar surface area (TPSA) is 30.3 Å². The highest BCUT2D eigenvalue weighted by molar-refractivity contribution is 5.29. The van der Waals surface area contributed by atoms with Crippen molar-refractivity contribution in [2.24, 2.45) is 7.05 Å². The molecule has 0 aliphatic carbocycles. The van der Waals surface area contributed by atoms with Crippen LogP contribution in [0.3, 0.4) is 0 Å². The third kappa shape index (κ3) is 5.84. The lowest BCUT2D eigenvalue weighted by atomic mass is 10.1. The maximum atomic E-state index is 12.7. The summed E-state index contributed by atoms with van der Waals surface area (Å²) in [4.78, 5) is 6.41. The van der Waals surface area contributed by atoms with Gasteiger partial charge in [0.2, 0.25) is 0 Å². The molecule has 1 heterocycles. The van der Waals surface area contributed by atoms with Crippen molar-refractivity contribution in [3.63, 3.8) is 0 Å². The fourth-order valence-electron chi connectivity index (χ4n) is 3.04. The van der Waals surface area contributed by atoms with Gasteiger partial charge in [-0.2, -0.15) is 13.2 Å². The SMILES string of the molecule is Cc1ccccc1CN(CCOc1ccc(C(F)(F)F)cc1)Cc1cncn1C. The van der Waals surface area contributed by atoms with Crippen molar-refractivity contribution < 1.29 is 17.9 Å². The van der Waals surface area contributed by atoms with Crippen molar-refractivity contribution in [3.8, 4) is 5.75 Å². The van der Waals surface area contributed by atoms with Gasteiger partial charge in [0.15, 0.2) is 0 Å². The second-order valence-corrected chi connectivity index (χ2v) is 7.00. The molecule has 0 spiro atoms. The lowest BCUT2D eigenvalue weighted by molar-refractivity contribution is -0.137. The van der Waals surface area contributed by atoms with Crippen LogP contribution in [0, 0.1) is 6.92 Å². The third-order valence-electron chi connectivity index (χ3n) is 4.82. The molecule has 3 aromatic rings. The Morgan fingerprint density at radius 1 is 1.03 bits per heavy atom. The Labute approximate surface area is 168 Å². The summed E-state index contributed by atoms with van der Waals surface area (Å²) in [5.41, 5.74) is 2.84. The lowest BCUT2D eigenvalue weighted by Gasteiger charge is -2.23. The van der Waals surface area contributed by atoms with Crippen LogP contribution in [0.2, 0.25) is 0 Å². The molecular weight excluding hydrogens is 379 g/mol. The number of ether oxygens (including phenoxy) is 1. The lowest BCUT2D eigenvalue weighted by Crippen LogP contribution is -2.29. The van der Waals surface area contributed by atoms with Gasteiger partial charge in [-0.25, -0.2) is 4.98 Å². The van der Waals surface area contributed by atoms with Gasteiger partial charge in [0.1, 0.15) is 12.4 Å². The predicted molar refractivity (Wildman–Crippen MR) is 105 cm³/mol. The van der Waals surface area contributed by atoms with E-state index in [1.54, 1.807) is 6.33 Å². The van der Waals surface area contributed by atoms with E-state index in [1.807, 2.05) is 29.9 Å². The van der Waals surface area contributed by atoms with E-state index in [-0.39, 0.29) is 0 Å². The number of aryl methyl sites for hydroxylation is 2. The molecule has 0 unspecified atom stereocenters. The number of nitrogens with zero attached hydrogens (tertiary/aromatic N) is 3. The standard InChI is InChI=1S/C22H24F3N3O/c1-17-5-3-4-6-18(17)14-28(15-20-13-26-16-27(20)2)11-12-29-21-9-7-19(8-10-21)22(23,24)25/h3-10,13,16H,11-12,14-15H2,1-2H3. The molecule has 0 fully saturated rings. The summed E-state index contributed by atoms with van der Waals surface area (Å²) in [6.07, 6.45) is -0.743. The number of imidazole rings is 1. The average molecular weight is 403 g/mol. The summed E-state index contributed by atoms with van der Waals surface area (Å²) >= 11 is 0. The highest BCUT2D eigenvalue weighted by Gasteiger charge is 2.30. The van der Waals surface area contributed by atoms with Crippen molar-refractivity contribution in [1.29, 1.82) is 0 Å². The zero-order valence-electron chi connectivity index (χ0n) is 16.5. The molecule has 0 aliphatic heterocycles. The van der Waals surface area contributed by atoms with Crippen LogP contribution in [-0.2, 0) is 26.3 Å². The Kier molecular flexibility index (Phi) is 6.59. The van der Waals surface area contributed by atoms with Gasteiger partial charge in [0.25, 0.3) is 0 Å². The van der Waals surface area contributed by atoms with E-state index in [4.69, 9.17) is 4.74 Å². The van der Waals surface area contributed by atoms with Gasteiger partial charge in [-0.05, 0) is 42.3 Å². The summed E-state index contributed by atoms with van der Waals surface area (Å²) in [5, 5.41) is 0. The van der Waals surface area contributed by atoms with Crippen molar-refractivity contribution in [2.45, 2.75) is 26.2 Å². The molecule has 0 atom stereocenters. The smallest absolute Gasteiger partial charge is 0.416 e. The maximum absolute atomic E-state index is 12.7. The first-order chi connectivity index (χ1) is 13.8. The summed E-state index contributed by atoms with van der Waals surface area (Å²) in [7, 11) is 1.95. The van der Waals surface area contributed by atoms with E-state index in [2.05, 4.69) is 28.9 Å². The largest absolute Gasteiger partial charge is 0.492 e. The number of aromatic nitrogens is 2. The van der Waals surface area contributed by atoms with E-state index in [0.717, 1.165) is 24.4 Å². The first-order valence-corrected chi connectivity index (χ1v) is 9.35. The third-order valence-corrected chi connectivity index (χ3v) is 4.82. The van der Waals surface area contributed by atoms with Crippen LogP contribution in [0.1, 0.15) is 22.4 Å². The molecule has 154 valence electrons. The Balaban J connectivity index is 1.63. The molecule has 3 rings (SSSR count). The number of alkyl halides is 3. The molecule has 7 heteroatoms. The Hall–Kier alpha value is -2.80. The van der Waals surface area contributed by atoms with Gasteiger partial charge in [0, 0.05) is 32.9 Å². The second kappa shape index (κ2) is 9.13. The van der Waals surface area contributed by atoms with Crippen LogP contribution in [0.15, 0.2) is 61.1 Å². The summed E-state index contributed by atoms with van der Waals surface area (Å²) in [6.45, 7) is 4.52. The Morgan fingerprint density at radius 3 is 2.38 bits per heavy atom. The van der Waals surface area contributed by atoms with Crippen molar-refractivity contribution in [1.82, 2.24) is 14.5 Å². The van der Waals surface area contributed by atoms with Gasteiger partial charge >= 0.3 is 6.18 Å². The minimum Gasteiger partial charge on any atom is -0.492 e. The van der Waals surface area contributed by atoms with Gasteiger partial charge in [-0.15, -0.1) is 0 Å². The molecular formula is C22H24F3N3O. The number of hydrogen-bond acceptors (Lipinski definition) is 3. The molecule has 0 aliphatic rings. The highest BCUT2D eigenvalue weighted by Crippen LogP contribution is 2.30. The van der Waals surface area contributed by atoms with Gasteiger partial charge in [-0.3, -0.25) is 4.90 Å². The van der Waals surface area contributed by atoms with Crippen LogP contribution in [0.4, 0.5) is 13.2 Å². The van der Waals surface area contributed by atoms with Gasteiger partial charge in [-0.1, -0.05) is 24.3 Å². The molecule has 1 aromatic heterocycles. The van der Waals surface area contributed by atoms with Crippen molar-refractivity contribution >= 4 is 0 Å². The van der Waals surface area contributed by atoms with E-state index < -0.39 is 11.7 Å². The molecule has 0 saturated carbocycles. The van der Waals surface area contributed by atoms with E-state index in [9.17, 15) is 13.2 Å². The van der Waals surface area contributed by atoms with Crippen LogP contribution < -0.4 is 4.74 Å². The van der Waals surface area contributed by atoms with E-state index >= 15 is 0 Å². The zero-order valence-corrected chi connectivity index (χ0v) is 16.5. The first-order valence-electron chi connectivity index (χ1n) is 9.35. The van der Waals surface area contributed by atoms with Crippen molar-refractivity contribution in [2.75, 3.05) is 13.2 Å². The Morgan fingerprint density at radius 2 is 1.76 bits per heavy atom. The summed E-state index contributed by atoms with van der Waals surface area (Å²) in [6, 6.07) is 13.0. The quantitative estimate of drug-likeness (QED) is 0.540. The normalized spacial score (nSPS) is 11.8. The molecule has 4 nitrogen and oxygen atoms in total. The highest BCUT2D eigenvalue weighted by atomic mass is 19.4. The molecule has 0 N–H and O–H groups in total. The molecule has 2 aromatic carbocycles. The Bertz CT molecular complexity index is 920. The first kappa shape index (κ1) is 20.9. The number of rotatable bonds is 8. The molecule has 0 radical (unpaired) electrons. The van der Waals surface area contributed by atoms with Crippen LogP contribution in [-0.4, -0.2) is 27.6 Å². The van der Waals surface area contributed by atoms with Crippen molar-refractivity contribution in [3.05, 3.63) is 83.4 Å². The molecule has 0 saturated heterocycles. The van der Waals surface area contributed by atoms with Gasteiger partial charge in [0.05, 0.1) is 17.6 Å². The summed E-state index contributed by atoms with van der Waals surface area (Å²) in [5.74, 6) is 0.425. The molecule has 29 heavy (non-hydrogen) atoms. The van der Waals surface area contributed by atoms with Crippen LogP contribution in [0.5, 0.6) is 5.75 Å². The van der Waals surface area contributed by atoms with E-state index in [1.165, 1.54) is 23.3 Å². The number of benzene rings is 2. The van der Waals surface area contributed by atoms with Crippen LogP contribution in [0.25, 0.3) is 0 Å². The number of halogens is 3. The second-order valence-electron chi connectivity index (χ2n) is 7.00. The summed E-state index contributed by atoms with van der Waals surface area (Å²) < 4.78 is 45.7. The van der Waals surface area contributed by atoms with Crippen LogP contribution >= 0.6 is 0 Å². The number of hydrogen-bond donors (Lipinski definition) is 0. The fourth-order valence-corrected chi connectivity index (χ4v) is 3.04. The minimum absolute atomic E-state index is 0.370. The average Bonchev–Trinajstić information content (AvgIpc) is 3.08. The predicted octanol–water partition coefficient (Wildman–Crippen LogP) is 4.83. The maximum Gasteiger partial charge on any atom is 0.416 e. The van der Waals surface area contributed by atoms with E-state index in [0.29, 0.717) is 25.4 Å². The monoisotopic (exact) mass is 403 g/mol. The fraction of sp³-hybridized carbons (Fsp3) is 0.318. The molecule has 0 bridgehead atoms.